The van der Waals surface area contributed by atoms with E-state index in [0.29, 0.717) is 37.2 Å². The van der Waals surface area contributed by atoms with Gasteiger partial charge in [-0.3, -0.25) is 4.79 Å². The third-order valence-corrected chi connectivity index (χ3v) is 11.0. The smallest absolute Gasteiger partial charge is 0.331 e. The number of ether oxygens (including phenoxy) is 1. The van der Waals surface area contributed by atoms with Gasteiger partial charge < -0.3 is 20.1 Å². The van der Waals surface area contributed by atoms with Crippen LogP contribution in [0.2, 0.25) is 0 Å². The highest BCUT2D eigenvalue weighted by molar-refractivity contribution is 5.88. The molecule has 0 aliphatic heterocycles. The van der Waals surface area contributed by atoms with Crippen LogP contribution >= 0.6 is 0 Å². The Balaban J connectivity index is 1.81. The fourth-order valence-corrected chi connectivity index (χ4v) is 9.31. The molecule has 0 aromatic carbocycles. The van der Waals surface area contributed by atoms with Crippen LogP contribution in [0.4, 0.5) is 0 Å². The SMILES string of the molecule is CC(=O)O[C@H]1C[C@@]2(C)[C@@H](C[C@@H](O)[C@H]3[C@@]4(C)CC[C@@H](O)C[C@@H]4CC[C@@]32C)/C1=C(\CCC=C(C)C)C(=O)O. The van der Waals surface area contributed by atoms with Crippen molar-refractivity contribution in [2.45, 2.75) is 118 Å². The van der Waals surface area contributed by atoms with Crippen LogP contribution in [0, 0.1) is 34.0 Å². The number of hydrogen-bond acceptors (Lipinski definition) is 5. The van der Waals surface area contributed by atoms with Crippen molar-refractivity contribution < 1.29 is 29.6 Å². The van der Waals surface area contributed by atoms with Crippen LogP contribution < -0.4 is 0 Å². The number of rotatable bonds is 5. The van der Waals surface area contributed by atoms with Crippen molar-refractivity contribution in [2.75, 3.05) is 0 Å². The highest BCUT2D eigenvalue weighted by Crippen LogP contribution is 2.74. The van der Waals surface area contributed by atoms with Gasteiger partial charge in [0.2, 0.25) is 0 Å². The van der Waals surface area contributed by atoms with E-state index in [1.54, 1.807) is 0 Å². The molecule has 0 heterocycles. The molecule has 0 aromatic rings. The van der Waals surface area contributed by atoms with Crippen LogP contribution in [0.25, 0.3) is 0 Å². The summed E-state index contributed by atoms with van der Waals surface area (Å²) in [5.41, 5.74) is 1.63. The van der Waals surface area contributed by atoms with Gasteiger partial charge in [0.05, 0.1) is 12.2 Å². The van der Waals surface area contributed by atoms with Crippen molar-refractivity contribution in [3.05, 3.63) is 22.8 Å². The molecule has 4 fully saturated rings. The van der Waals surface area contributed by atoms with Gasteiger partial charge in [0.15, 0.2) is 0 Å². The molecule has 0 bridgehead atoms. The highest BCUT2D eigenvalue weighted by atomic mass is 16.5. The standard InChI is InChI=1S/C30H46O6/c1-17(2)8-7-9-21(27(34)35)25-22-15-23(33)26-28(4)12-11-20(32)14-19(28)10-13-29(26,5)30(22,6)16-24(25)36-18(3)31/h8,19-20,22-24,26,32-33H,7,9-16H2,1-6H3,(H,34,35)/b25-21-/t19-,20+,22-,23+,24-,26-,28-,29-,30-/m0/s1. The van der Waals surface area contributed by atoms with Gasteiger partial charge in [-0.15, -0.1) is 0 Å². The Labute approximate surface area is 216 Å². The number of allylic oxidation sites excluding steroid dienone is 2. The normalized spacial score (nSPS) is 45.1. The summed E-state index contributed by atoms with van der Waals surface area (Å²) in [5.74, 6) is -1.05. The van der Waals surface area contributed by atoms with E-state index < -0.39 is 24.1 Å². The molecule has 6 heteroatoms. The predicted octanol–water partition coefficient (Wildman–Crippen LogP) is 5.42. The summed E-state index contributed by atoms with van der Waals surface area (Å²) in [6.07, 6.45) is 7.13. The van der Waals surface area contributed by atoms with E-state index in [4.69, 9.17) is 4.74 Å². The van der Waals surface area contributed by atoms with E-state index >= 15 is 0 Å². The van der Waals surface area contributed by atoms with E-state index in [9.17, 15) is 24.9 Å². The fraction of sp³-hybridized carbons (Fsp3) is 0.800. The van der Waals surface area contributed by atoms with Gasteiger partial charge in [-0.2, -0.15) is 0 Å². The van der Waals surface area contributed by atoms with Gasteiger partial charge in [0, 0.05) is 12.5 Å². The van der Waals surface area contributed by atoms with Gasteiger partial charge in [-0.1, -0.05) is 32.4 Å². The highest BCUT2D eigenvalue weighted by Gasteiger charge is 2.70. The first-order chi connectivity index (χ1) is 16.7. The third kappa shape index (κ3) is 4.26. The quantitative estimate of drug-likeness (QED) is 0.263. The fourth-order valence-electron chi connectivity index (χ4n) is 9.31. The minimum absolute atomic E-state index is 0.0637. The lowest BCUT2D eigenvalue weighted by atomic mass is 9.37. The van der Waals surface area contributed by atoms with Gasteiger partial charge in [0.1, 0.15) is 6.10 Å². The summed E-state index contributed by atoms with van der Waals surface area (Å²) < 4.78 is 5.86. The monoisotopic (exact) mass is 502 g/mol. The number of carboxylic acids is 1. The van der Waals surface area contributed by atoms with Crippen LogP contribution in [0.3, 0.4) is 0 Å². The second-order valence-corrected chi connectivity index (χ2v) is 13.2. The number of carbonyl (C=O) groups excluding carboxylic acids is 1. The average Bonchev–Trinajstić information content (AvgIpc) is 3.03. The zero-order valence-corrected chi connectivity index (χ0v) is 23.0. The molecule has 9 atom stereocenters. The van der Waals surface area contributed by atoms with Crippen LogP contribution in [0.5, 0.6) is 0 Å². The van der Waals surface area contributed by atoms with Crippen LogP contribution in [0.15, 0.2) is 22.8 Å². The summed E-state index contributed by atoms with van der Waals surface area (Å²) in [6.45, 7) is 12.3. The van der Waals surface area contributed by atoms with Crippen LogP contribution in [-0.4, -0.2) is 45.6 Å². The lowest BCUT2D eigenvalue weighted by Crippen LogP contribution is -2.64. The maximum atomic E-state index is 12.6. The van der Waals surface area contributed by atoms with Gasteiger partial charge in [-0.25, -0.2) is 4.79 Å². The zero-order valence-electron chi connectivity index (χ0n) is 23.0. The lowest BCUT2D eigenvalue weighted by molar-refractivity contribution is -0.224. The second kappa shape index (κ2) is 9.58. The number of aliphatic carboxylic acids is 1. The molecule has 0 aromatic heterocycles. The molecular weight excluding hydrogens is 456 g/mol. The van der Waals surface area contributed by atoms with E-state index in [1.165, 1.54) is 6.92 Å². The molecule has 4 saturated carbocycles. The first-order valence-corrected chi connectivity index (χ1v) is 13.9. The van der Waals surface area contributed by atoms with Crippen LogP contribution in [0.1, 0.15) is 99.3 Å². The van der Waals surface area contributed by atoms with Crippen molar-refractivity contribution >= 4 is 11.9 Å². The number of carbonyl (C=O) groups is 2. The van der Waals surface area contributed by atoms with E-state index in [2.05, 4.69) is 20.8 Å². The summed E-state index contributed by atoms with van der Waals surface area (Å²) in [5, 5.41) is 32.5. The Hall–Kier alpha value is -1.66. The molecule has 0 radical (unpaired) electrons. The molecular formula is C30H46O6. The Morgan fingerprint density at radius 3 is 2.33 bits per heavy atom. The minimum atomic E-state index is -0.952. The zero-order chi connectivity index (χ0) is 26.6. The van der Waals surface area contributed by atoms with Gasteiger partial charge in [-0.05, 0) is 111 Å². The molecule has 6 nitrogen and oxygen atoms in total. The summed E-state index contributed by atoms with van der Waals surface area (Å²) in [4.78, 5) is 24.8. The first-order valence-electron chi connectivity index (χ1n) is 13.9. The summed E-state index contributed by atoms with van der Waals surface area (Å²) >= 11 is 0. The second-order valence-electron chi connectivity index (χ2n) is 13.2. The Bertz CT molecular complexity index is 962. The summed E-state index contributed by atoms with van der Waals surface area (Å²) in [6, 6.07) is 0. The third-order valence-electron chi connectivity index (χ3n) is 11.0. The maximum absolute atomic E-state index is 12.6. The topological polar surface area (TPSA) is 104 Å². The molecule has 3 N–H and O–H groups in total. The molecule has 4 rings (SSSR count). The molecule has 0 unspecified atom stereocenters. The Morgan fingerprint density at radius 1 is 1.03 bits per heavy atom. The number of hydrogen-bond donors (Lipinski definition) is 3. The number of esters is 1. The van der Waals surface area contributed by atoms with Crippen molar-refractivity contribution in [1.82, 2.24) is 0 Å². The van der Waals surface area contributed by atoms with Crippen molar-refractivity contribution in [3.8, 4) is 0 Å². The number of aliphatic hydroxyl groups is 2. The molecule has 0 amide bonds. The number of fused-ring (bicyclic) bond motifs is 5. The molecule has 202 valence electrons. The van der Waals surface area contributed by atoms with Gasteiger partial charge in [0.25, 0.3) is 0 Å². The van der Waals surface area contributed by atoms with E-state index in [0.717, 1.165) is 43.3 Å². The predicted molar refractivity (Wildman–Crippen MR) is 138 cm³/mol. The van der Waals surface area contributed by atoms with Crippen LogP contribution in [-0.2, 0) is 14.3 Å². The molecule has 4 aliphatic rings. The average molecular weight is 503 g/mol. The minimum Gasteiger partial charge on any atom is -0.478 e. The molecule has 0 spiro atoms. The first kappa shape index (κ1) is 27.4. The number of aliphatic hydroxyl groups excluding tert-OH is 2. The van der Waals surface area contributed by atoms with Gasteiger partial charge >= 0.3 is 11.9 Å². The summed E-state index contributed by atoms with van der Waals surface area (Å²) in [7, 11) is 0. The van der Waals surface area contributed by atoms with Crippen molar-refractivity contribution in [2.24, 2.45) is 34.0 Å². The van der Waals surface area contributed by atoms with E-state index in [-0.39, 0.29) is 34.2 Å². The Morgan fingerprint density at radius 2 is 1.72 bits per heavy atom. The largest absolute Gasteiger partial charge is 0.478 e. The molecule has 4 aliphatic carbocycles. The van der Waals surface area contributed by atoms with Crippen molar-refractivity contribution in [3.63, 3.8) is 0 Å². The number of carboxylic acid groups (broad SMARTS) is 1. The Kier molecular flexibility index (Phi) is 7.28. The lowest BCUT2D eigenvalue weighted by Gasteiger charge is -2.68. The maximum Gasteiger partial charge on any atom is 0.331 e. The van der Waals surface area contributed by atoms with E-state index in [1.807, 2.05) is 19.9 Å². The van der Waals surface area contributed by atoms with Crippen molar-refractivity contribution in [1.29, 1.82) is 0 Å². The molecule has 0 saturated heterocycles. The molecule has 36 heavy (non-hydrogen) atoms.